The van der Waals surface area contributed by atoms with Gasteiger partial charge in [-0.15, -0.1) is 0 Å². The van der Waals surface area contributed by atoms with Crippen LogP contribution in [0.1, 0.15) is 0 Å². The predicted molar refractivity (Wildman–Crippen MR) is 72.1 cm³/mol. The lowest BCUT2D eigenvalue weighted by atomic mass is 10.1. The first kappa shape index (κ1) is 11.0. The summed E-state index contributed by atoms with van der Waals surface area (Å²) >= 11 is 0. The highest BCUT2D eigenvalue weighted by Crippen LogP contribution is 2.20. The van der Waals surface area contributed by atoms with Crippen molar-refractivity contribution in [1.82, 2.24) is 0 Å². The van der Waals surface area contributed by atoms with Gasteiger partial charge in [-0.05, 0) is 23.3 Å². The van der Waals surface area contributed by atoms with Gasteiger partial charge in [-0.3, -0.25) is 0 Å². The quantitative estimate of drug-likeness (QED) is 0.784. The van der Waals surface area contributed by atoms with Gasteiger partial charge in [-0.1, -0.05) is 54.7 Å². The Balaban J connectivity index is 2.31. The Bertz CT molecular complexity index is 457. The van der Waals surface area contributed by atoms with Crippen LogP contribution in [0.3, 0.4) is 0 Å². The SMILES string of the molecule is C[SiH](C)c1ccc(-c2ccc(O)cc2)cc1. The Morgan fingerprint density at radius 2 is 1.19 bits per heavy atom. The summed E-state index contributed by atoms with van der Waals surface area (Å²) in [5.74, 6) is 0.315. The number of aromatic hydroxyl groups is 1. The fourth-order valence-electron chi connectivity index (χ4n) is 1.71. The topological polar surface area (TPSA) is 20.2 Å². The van der Waals surface area contributed by atoms with Crippen molar-refractivity contribution < 1.29 is 5.11 Å². The van der Waals surface area contributed by atoms with Crippen molar-refractivity contribution in [3.63, 3.8) is 0 Å². The second kappa shape index (κ2) is 4.54. The van der Waals surface area contributed by atoms with E-state index in [1.54, 1.807) is 12.1 Å². The van der Waals surface area contributed by atoms with Gasteiger partial charge < -0.3 is 5.11 Å². The first-order valence-electron chi connectivity index (χ1n) is 5.56. The third-order valence-electron chi connectivity index (χ3n) is 2.78. The van der Waals surface area contributed by atoms with E-state index in [0.29, 0.717) is 5.75 Å². The third kappa shape index (κ3) is 2.34. The monoisotopic (exact) mass is 228 g/mol. The number of hydrogen-bond donors (Lipinski definition) is 1. The Kier molecular flexibility index (Phi) is 3.11. The average molecular weight is 228 g/mol. The molecule has 1 nitrogen and oxygen atoms in total. The summed E-state index contributed by atoms with van der Waals surface area (Å²) in [5.41, 5.74) is 2.35. The lowest BCUT2D eigenvalue weighted by molar-refractivity contribution is 0.475. The number of hydrogen-bond acceptors (Lipinski definition) is 1. The maximum Gasteiger partial charge on any atom is 0.115 e. The molecular weight excluding hydrogens is 212 g/mol. The van der Waals surface area contributed by atoms with Crippen molar-refractivity contribution in [2.24, 2.45) is 0 Å². The van der Waals surface area contributed by atoms with E-state index in [4.69, 9.17) is 0 Å². The van der Waals surface area contributed by atoms with Crippen molar-refractivity contribution in [1.29, 1.82) is 0 Å². The molecule has 0 atom stereocenters. The van der Waals surface area contributed by atoms with E-state index >= 15 is 0 Å². The van der Waals surface area contributed by atoms with Crippen molar-refractivity contribution in [3.05, 3.63) is 48.5 Å². The van der Waals surface area contributed by atoms with Gasteiger partial charge in [0, 0.05) is 0 Å². The molecule has 0 aliphatic heterocycles. The molecule has 0 saturated carbocycles. The first-order chi connectivity index (χ1) is 7.66. The standard InChI is InChI=1S/C14H16OSi/c1-16(2)14-9-5-12(6-10-14)11-3-7-13(15)8-4-11/h3-10,15-16H,1-2H3. The van der Waals surface area contributed by atoms with Gasteiger partial charge in [0.25, 0.3) is 0 Å². The maximum absolute atomic E-state index is 9.23. The minimum Gasteiger partial charge on any atom is -0.508 e. The Morgan fingerprint density at radius 1 is 0.750 bits per heavy atom. The molecule has 16 heavy (non-hydrogen) atoms. The second-order valence-corrected chi connectivity index (χ2v) is 7.30. The molecule has 82 valence electrons. The van der Waals surface area contributed by atoms with Gasteiger partial charge in [0.1, 0.15) is 5.75 Å². The second-order valence-electron chi connectivity index (χ2n) is 4.32. The minimum absolute atomic E-state index is 0.315. The van der Waals surface area contributed by atoms with Gasteiger partial charge in [0.15, 0.2) is 0 Å². The molecule has 2 aromatic carbocycles. The van der Waals surface area contributed by atoms with E-state index in [1.165, 1.54) is 10.8 Å². The predicted octanol–water partition coefficient (Wildman–Crippen LogP) is 2.75. The number of phenolic OH excluding ortho intramolecular Hbond substituents is 1. The van der Waals surface area contributed by atoms with Crippen LogP contribution in [0.2, 0.25) is 13.1 Å². The van der Waals surface area contributed by atoms with Crippen molar-refractivity contribution in [2.45, 2.75) is 13.1 Å². The molecule has 0 fully saturated rings. The van der Waals surface area contributed by atoms with E-state index < -0.39 is 8.80 Å². The molecule has 0 radical (unpaired) electrons. The van der Waals surface area contributed by atoms with Gasteiger partial charge in [0.05, 0.1) is 8.80 Å². The van der Waals surface area contributed by atoms with E-state index in [9.17, 15) is 5.11 Å². The summed E-state index contributed by atoms with van der Waals surface area (Å²) in [6, 6.07) is 16.1. The van der Waals surface area contributed by atoms with Crippen LogP contribution in [0.5, 0.6) is 5.75 Å². The average Bonchev–Trinajstić information content (AvgIpc) is 2.30. The molecule has 0 aromatic heterocycles. The molecule has 2 aromatic rings. The van der Waals surface area contributed by atoms with E-state index in [1.807, 2.05) is 12.1 Å². The summed E-state index contributed by atoms with van der Waals surface area (Å²) in [6.07, 6.45) is 0. The zero-order valence-electron chi connectivity index (χ0n) is 9.64. The molecular formula is C14H16OSi. The molecule has 0 aliphatic rings. The summed E-state index contributed by atoms with van der Waals surface area (Å²) in [6.45, 7) is 4.66. The molecule has 0 spiro atoms. The molecule has 2 rings (SSSR count). The van der Waals surface area contributed by atoms with Gasteiger partial charge in [0.2, 0.25) is 0 Å². The van der Waals surface area contributed by atoms with Crippen molar-refractivity contribution in [3.8, 4) is 16.9 Å². The lowest BCUT2D eigenvalue weighted by Gasteiger charge is -2.06. The molecule has 0 unspecified atom stereocenters. The zero-order chi connectivity index (χ0) is 11.5. The van der Waals surface area contributed by atoms with E-state index in [2.05, 4.69) is 37.4 Å². The highest BCUT2D eigenvalue weighted by molar-refractivity contribution is 6.70. The highest BCUT2D eigenvalue weighted by atomic mass is 28.3. The Hall–Kier alpha value is -1.54. The molecule has 0 bridgehead atoms. The van der Waals surface area contributed by atoms with Crippen LogP contribution < -0.4 is 5.19 Å². The summed E-state index contributed by atoms with van der Waals surface area (Å²) in [4.78, 5) is 0. The van der Waals surface area contributed by atoms with Crippen LogP contribution in [-0.4, -0.2) is 13.9 Å². The van der Waals surface area contributed by atoms with E-state index in [-0.39, 0.29) is 0 Å². The third-order valence-corrected chi connectivity index (χ3v) is 4.50. The minimum atomic E-state index is -0.691. The van der Waals surface area contributed by atoms with Crippen molar-refractivity contribution >= 4 is 14.0 Å². The molecule has 0 amide bonds. The molecule has 1 N–H and O–H groups in total. The first-order valence-corrected chi connectivity index (χ1v) is 8.45. The summed E-state index contributed by atoms with van der Waals surface area (Å²) in [7, 11) is -0.691. The summed E-state index contributed by atoms with van der Waals surface area (Å²) < 4.78 is 0. The van der Waals surface area contributed by atoms with Crippen LogP contribution in [0.15, 0.2) is 48.5 Å². The van der Waals surface area contributed by atoms with Crippen LogP contribution in [0, 0.1) is 0 Å². The number of phenols is 1. The fourth-order valence-corrected chi connectivity index (χ4v) is 2.68. The van der Waals surface area contributed by atoms with Gasteiger partial charge >= 0.3 is 0 Å². The van der Waals surface area contributed by atoms with Gasteiger partial charge in [-0.2, -0.15) is 0 Å². The molecule has 2 heteroatoms. The van der Waals surface area contributed by atoms with Crippen LogP contribution in [0.4, 0.5) is 0 Å². The van der Waals surface area contributed by atoms with E-state index in [0.717, 1.165) is 5.56 Å². The Morgan fingerprint density at radius 3 is 1.62 bits per heavy atom. The van der Waals surface area contributed by atoms with Crippen LogP contribution in [-0.2, 0) is 0 Å². The zero-order valence-corrected chi connectivity index (χ0v) is 10.8. The van der Waals surface area contributed by atoms with Crippen molar-refractivity contribution in [2.75, 3.05) is 0 Å². The van der Waals surface area contributed by atoms with Crippen LogP contribution in [0.25, 0.3) is 11.1 Å². The highest BCUT2D eigenvalue weighted by Gasteiger charge is 2.01. The largest absolute Gasteiger partial charge is 0.508 e. The number of rotatable bonds is 2. The molecule has 0 saturated heterocycles. The molecule has 0 heterocycles. The smallest absolute Gasteiger partial charge is 0.115 e. The Labute approximate surface area is 98.0 Å². The maximum atomic E-state index is 9.23. The fraction of sp³-hybridized carbons (Fsp3) is 0.143. The lowest BCUT2D eigenvalue weighted by Crippen LogP contribution is -2.21. The van der Waals surface area contributed by atoms with Gasteiger partial charge in [-0.25, -0.2) is 0 Å². The molecule has 0 aliphatic carbocycles. The summed E-state index contributed by atoms with van der Waals surface area (Å²) in [5, 5.41) is 10.7. The normalized spacial score (nSPS) is 10.7. The number of benzene rings is 2. The van der Waals surface area contributed by atoms with Crippen LogP contribution >= 0.6 is 0 Å².